The third kappa shape index (κ3) is 3.55. The summed E-state index contributed by atoms with van der Waals surface area (Å²) in [4.78, 5) is 20.1. The van der Waals surface area contributed by atoms with Crippen molar-refractivity contribution in [1.29, 1.82) is 0 Å². The van der Waals surface area contributed by atoms with Crippen molar-refractivity contribution in [1.82, 2.24) is 24.5 Å². The molecule has 3 rings (SSSR count). The minimum Gasteiger partial charge on any atom is -0.347 e. The molecule has 0 fully saturated rings. The van der Waals surface area contributed by atoms with Gasteiger partial charge in [0.05, 0.1) is 17.6 Å². The van der Waals surface area contributed by atoms with Gasteiger partial charge in [-0.15, -0.1) is 0 Å². The number of nitrogens with zero attached hydrogens (tertiary/aromatic N) is 6. The van der Waals surface area contributed by atoms with Gasteiger partial charge in [0.2, 0.25) is 11.9 Å². The fourth-order valence-electron chi connectivity index (χ4n) is 2.59. The van der Waals surface area contributed by atoms with Crippen molar-refractivity contribution >= 4 is 22.9 Å². The zero-order valence-electron chi connectivity index (χ0n) is 15.7. The molecule has 2 heterocycles. The number of hydrogen-bond acceptors (Lipinski definition) is 6. The van der Waals surface area contributed by atoms with Crippen molar-refractivity contribution in [2.24, 2.45) is 7.05 Å². The van der Waals surface area contributed by atoms with Gasteiger partial charge >= 0.3 is 0 Å². The summed E-state index contributed by atoms with van der Waals surface area (Å²) in [6.45, 7) is 6.78. The predicted octanol–water partition coefficient (Wildman–Crippen LogP) is 2.87. The van der Waals surface area contributed by atoms with Crippen molar-refractivity contribution < 1.29 is 0 Å². The van der Waals surface area contributed by atoms with Crippen LogP contribution in [0.5, 0.6) is 0 Å². The van der Waals surface area contributed by atoms with E-state index in [9.17, 15) is 0 Å². The van der Waals surface area contributed by atoms with Gasteiger partial charge in [-0.25, -0.2) is 4.98 Å². The lowest BCUT2D eigenvalue weighted by molar-refractivity contribution is 0.750. The molecule has 0 radical (unpaired) electrons. The molecule has 0 bridgehead atoms. The highest BCUT2D eigenvalue weighted by molar-refractivity contribution is 5.76. The Balaban J connectivity index is 1.87. The fraction of sp³-hybridized carbons (Fsp3) is 0.444. The Kier molecular flexibility index (Phi) is 4.57. The van der Waals surface area contributed by atoms with E-state index in [1.807, 2.05) is 26.0 Å². The summed E-state index contributed by atoms with van der Waals surface area (Å²) in [5, 5.41) is 3.30. The number of rotatable bonds is 5. The van der Waals surface area contributed by atoms with Crippen LogP contribution in [-0.4, -0.2) is 38.6 Å². The molecule has 0 spiro atoms. The van der Waals surface area contributed by atoms with E-state index in [1.54, 1.807) is 0 Å². The molecule has 0 aliphatic carbocycles. The van der Waals surface area contributed by atoms with Crippen LogP contribution in [0.3, 0.4) is 0 Å². The highest BCUT2D eigenvalue weighted by atomic mass is 15.3. The maximum atomic E-state index is 4.72. The molecule has 0 saturated heterocycles. The molecular weight excluding hydrogens is 314 g/mol. The Morgan fingerprint density at radius 3 is 2.56 bits per heavy atom. The van der Waals surface area contributed by atoms with Crippen molar-refractivity contribution in [3.8, 4) is 0 Å². The summed E-state index contributed by atoms with van der Waals surface area (Å²) < 4.78 is 2.10. The van der Waals surface area contributed by atoms with Gasteiger partial charge in [-0.2, -0.15) is 15.0 Å². The molecule has 1 N–H and O–H groups in total. The molecule has 0 aliphatic heterocycles. The summed E-state index contributed by atoms with van der Waals surface area (Å²) in [6.07, 6.45) is 0. The average molecular weight is 339 g/mol. The maximum Gasteiger partial charge on any atom is 0.229 e. The minimum absolute atomic E-state index is 0.237. The quantitative estimate of drug-likeness (QED) is 0.771. The van der Waals surface area contributed by atoms with Crippen LogP contribution in [0.2, 0.25) is 0 Å². The van der Waals surface area contributed by atoms with Gasteiger partial charge in [0, 0.05) is 27.1 Å². The molecule has 0 saturated carbocycles. The monoisotopic (exact) mass is 339 g/mol. The van der Waals surface area contributed by atoms with Gasteiger partial charge in [0.15, 0.2) is 0 Å². The van der Waals surface area contributed by atoms with Gasteiger partial charge in [-0.3, -0.25) is 0 Å². The largest absolute Gasteiger partial charge is 0.347 e. The maximum absolute atomic E-state index is 4.72. The Labute approximate surface area is 148 Å². The van der Waals surface area contributed by atoms with E-state index in [-0.39, 0.29) is 5.92 Å². The number of benzene rings is 1. The van der Waals surface area contributed by atoms with Crippen molar-refractivity contribution in [3.05, 3.63) is 35.4 Å². The first-order valence-electron chi connectivity index (χ1n) is 8.44. The van der Waals surface area contributed by atoms with Crippen LogP contribution in [0.25, 0.3) is 11.0 Å². The van der Waals surface area contributed by atoms with Crippen LogP contribution in [0.15, 0.2) is 18.2 Å². The predicted molar refractivity (Wildman–Crippen MR) is 101 cm³/mol. The SMILES string of the molecule is Cc1ccc2c(c1)nc(CNc1nc(C(C)C)nc(N(C)C)n1)n2C. The lowest BCUT2D eigenvalue weighted by Crippen LogP contribution is -2.17. The molecule has 0 amide bonds. The first kappa shape index (κ1) is 17.1. The van der Waals surface area contributed by atoms with Crippen LogP contribution in [-0.2, 0) is 13.6 Å². The lowest BCUT2D eigenvalue weighted by atomic mass is 10.2. The van der Waals surface area contributed by atoms with Gasteiger partial charge < -0.3 is 14.8 Å². The Morgan fingerprint density at radius 1 is 1.12 bits per heavy atom. The number of anilines is 2. The zero-order chi connectivity index (χ0) is 18.1. The average Bonchev–Trinajstić information content (AvgIpc) is 2.87. The summed E-state index contributed by atoms with van der Waals surface area (Å²) >= 11 is 0. The minimum atomic E-state index is 0.237. The van der Waals surface area contributed by atoms with Gasteiger partial charge in [-0.05, 0) is 24.6 Å². The van der Waals surface area contributed by atoms with E-state index in [0.717, 1.165) is 22.7 Å². The standard InChI is InChI=1S/C18H25N7/c1-11(2)16-21-17(23-18(22-16)24(4)5)19-10-15-20-13-9-12(3)7-8-14(13)25(15)6/h7-9,11H,10H2,1-6H3,(H,19,21,22,23). The van der Waals surface area contributed by atoms with E-state index in [2.05, 4.69) is 63.8 Å². The number of nitrogens with one attached hydrogen (secondary N) is 1. The van der Waals surface area contributed by atoms with E-state index in [1.165, 1.54) is 5.56 Å². The van der Waals surface area contributed by atoms with Crippen molar-refractivity contribution in [3.63, 3.8) is 0 Å². The van der Waals surface area contributed by atoms with Crippen LogP contribution < -0.4 is 10.2 Å². The van der Waals surface area contributed by atoms with E-state index >= 15 is 0 Å². The van der Waals surface area contributed by atoms with Gasteiger partial charge in [-0.1, -0.05) is 19.9 Å². The summed E-state index contributed by atoms with van der Waals surface area (Å²) in [7, 11) is 5.88. The molecule has 3 aromatic rings. The number of aromatic nitrogens is 5. The van der Waals surface area contributed by atoms with Crippen LogP contribution in [0.4, 0.5) is 11.9 Å². The third-order valence-electron chi connectivity index (χ3n) is 4.09. The van der Waals surface area contributed by atoms with Crippen molar-refractivity contribution in [2.45, 2.75) is 33.2 Å². The summed E-state index contributed by atoms with van der Waals surface area (Å²) in [6, 6.07) is 6.30. The molecule has 7 nitrogen and oxygen atoms in total. The first-order valence-corrected chi connectivity index (χ1v) is 8.44. The third-order valence-corrected chi connectivity index (χ3v) is 4.09. The molecule has 7 heteroatoms. The second-order valence-electron chi connectivity index (χ2n) is 6.80. The Bertz CT molecular complexity index is 870. The molecule has 0 atom stereocenters. The molecule has 1 aromatic carbocycles. The smallest absolute Gasteiger partial charge is 0.229 e. The normalized spacial score (nSPS) is 11.3. The molecule has 0 unspecified atom stereocenters. The second-order valence-corrected chi connectivity index (χ2v) is 6.80. The molecule has 2 aromatic heterocycles. The van der Waals surface area contributed by atoms with Gasteiger partial charge in [0.1, 0.15) is 11.6 Å². The zero-order valence-corrected chi connectivity index (χ0v) is 15.7. The molecular formula is C18H25N7. The number of hydrogen-bond donors (Lipinski definition) is 1. The van der Waals surface area contributed by atoms with Crippen molar-refractivity contribution in [2.75, 3.05) is 24.3 Å². The number of aryl methyl sites for hydroxylation is 2. The van der Waals surface area contributed by atoms with Crippen LogP contribution >= 0.6 is 0 Å². The topological polar surface area (TPSA) is 71.8 Å². The highest BCUT2D eigenvalue weighted by Gasteiger charge is 2.12. The highest BCUT2D eigenvalue weighted by Crippen LogP contribution is 2.18. The summed E-state index contributed by atoms with van der Waals surface area (Å²) in [5.74, 6) is 3.19. The van der Waals surface area contributed by atoms with E-state index < -0.39 is 0 Å². The van der Waals surface area contributed by atoms with E-state index in [0.29, 0.717) is 18.4 Å². The Hall–Kier alpha value is -2.70. The first-order chi connectivity index (χ1) is 11.8. The lowest BCUT2D eigenvalue weighted by Gasteiger charge is -2.14. The van der Waals surface area contributed by atoms with Crippen LogP contribution in [0, 0.1) is 6.92 Å². The molecule has 132 valence electrons. The molecule has 0 aliphatic rings. The summed E-state index contributed by atoms with van der Waals surface area (Å²) in [5.41, 5.74) is 3.33. The number of imidazole rings is 1. The second kappa shape index (κ2) is 6.66. The Morgan fingerprint density at radius 2 is 1.88 bits per heavy atom. The fourth-order valence-corrected chi connectivity index (χ4v) is 2.59. The molecule has 25 heavy (non-hydrogen) atoms. The van der Waals surface area contributed by atoms with Gasteiger partial charge in [0.25, 0.3) is 0 Å². The van der Waals surface area contributed by atoms with E-state index in [4.69, 9.17) is 4.98 Å². The van der Waals surface area contributed by atoms with Crippen LogP contribution in [0.1, 0.15) is 37.0 Å². The number of fused-ring (bicyclic) bond motifs is 1.